The van der Waals surface area contributed by atoms with Gasteiger partial charge in [-0.05, 0) is 26.0 Å². The zero-order chi connectivity index (χ0) is 25.7. The minimum absolute atomic E-state index is 0.175. The normalized spacial score (nSPS) is 14.4. The number of carbonyl (C=O) groups excluding carboxylic acids is 1. The molecule has 1 aliphatic rings. The lowest BCUT2D eigenvalue weighted by Crippen LogP contribution is -2.36. The van der Waals surface area contributed by atoms with E-state index in [2.05, 4.69) is 25.2 Å². The molecule has 13 heteroatoms. The first-order valence-electron chi connectivity index (χ1n) is 11.4. The average Bonchev–Trinajstić information content (AvgIpc) is 3.48. The van der Waals surface area contributed by atoms with Gasteiger partial charge in [0.1, 0.15) is 11.5 Å². The largest absolute Gasteiger partial charge is 0.481 e. The van der Waals surface area contributed by atoms with Crippen LogP contribution in [0.2, 0.25) is 5.02 Å². The molecule has 0 spiro atoms. The average molecular weight is 551 g/mol. The molecule has 0 unspecified atom stereocenters. The van der Waals surface area contributed by atoms with E-state index >= 15 is 0 Å². The molecule has 0 bridgehead atoms. The fraction of sp³-hybridized carbons (Fsp3) is 0.435. The SMILES string of the molecule is COCCN(C)Cc1sc(NC(=O)c2cnc(N3CCC(C(=O)O)CC3)cn2)nc1-c1cc(Cl)cs1. The number of methoxy groups -OCH3 is 1. The molecule has 1 aliphatic heterocycles. The van der Waals surface area contributed by atoms with Gasteiger partial charge in [-0.25, -0.2) is 15.0 Å². The maximum Gasteiger partial charge on any atom is 0.306 e. The van der Waals surface area contributed by atoms with Crippen molar-refractivity contribution in [3.63, 3.8) is 0 Å². The number of rotatable bonds is 10. The van der Waals surface area contributed by atoms with Crippen molar-refractivity contribution in [2.75, 3.05) is 50.6 Å². The zero-order valence-electron chi connectivity index (χ0n) is 19.9. The first kappa shape index (κ1) is 26.4. The number of piperidine rings is 1. The number of carbonyl (C=O) groups is 2. The molecule has 192 valence electrons. The summed E-state index contributed by atoms with van der Waals surface area (Å²) in [5, 5.41) is 15.0. The van der Waals surface area contributed by atoms with Crippen LogP contribution in [0.3, 0.4) is 0 Å². The number of carboxylic acids is 1. The number of anilines is 2. The molecule has 2 N–H and O–H groups in total. The zero-order valence-corrected chi connectivity index (χ0v) is 22.3. The Hall–Kier alpha value is -2.64. The Labute approximate surface area is 221 Å². The summed E-state index contributed by atoms with van der Waals surface area (Å²) in [7, 11) is 3.67. The number of thiazole rings is 1. The molecule has 0 aliphatic carbocycles. The van der Waals surface area contributed by atoms with Gasteiger partial charge in [-0.15, -0.1) is 11.3 Å². The van der Waals surface area contributed by atoms with Crippen LogP contribution in [0, 0.1) is 5.92 Å². The first-order valence-corrected chi connectivity index (χ1v) is 13.4. The number of hydrogen-bond donors (Lipinski definition) is 2. The van der Waals surface area contributed by atoms with E-state index in [9.17, 15) is 9.59 Å². The number of likely N-dealkylation sites (N-methyl/N-ethyl adjacent to an activating group) is 1. The smallest absolute Gasteiger partial charge is 0.306 e. The lowest BCUT2D eigenvalue weighted by atomic mass is 9.97. The number of hydrogen-bond acceptors (Lipinski definition) is 10. The van der Waals surface area contributed by atoms with E-state index in [0.29, 0.717) is 55.1 Å². The van der Waals surface area contributed by atoms with E-state index in [1.165, 1.54) is 28.9 Å². The van der Waals surface area contributed by atoms with Crippen LogP contribution in [-0.2, 0) is 16.1 Å². The van der Waals surface area contributed by atoms with E-state index < -0.39 is 11.9 Å². The molecule has 0 radical (unpaired) electrons. The molecule has 1 saturated heterocycles. The third-order valence-electron chi connectivity index (χ3n) is 5.85. The highest BCUT2D eigenvalue weighted by Gasteiger charge is 2.25. The van der Waals surface area contributed by atoms with Gasteiger partial charge in [0.05, 0.1) is 40.5 Å². The van der Waals surface area contributed by atoms with Crippen molar-refractivity contribution in [2.24, 2.45) is 5.92 Å². The molecule has 10 nitrogen and oxygen atoms in total. The van der Waals surface area contributed by atoms with Crippen LogP contribution in [0.5, 0.6) is 0 Å². The van der Waals surface area contributed by atoms with Crippen LogP contribution in [0.1, 0.15) is 28.2 Å². The number of carboxylic acid groups (broad SMARTS) is 1. The molecule has 3 aromatic heterocycles. The van der Waals surface area contributed by atoms with Gasteiger partial charge in [-0.3, -0.25) is 19.8 Å². The Morgan fingerprint density at radius 2 is 2.08 bits per heavy atom. The number of aliphatic carboxylic acids is 1. The van der Waals surface area contributed by atoms with E-state index in [0.717, 1.165) is 22.0 Å². The van der Waals surface area contributed by atoms with Crippen LogP contribution < -0.4 is 10.2 Å². The summed E-state index contributed by atoms with van der Waals surface area (Å²) in [5.74, 6) is -0.854. The molecule has 4 rings (SSSR count). The van der Waals surface area contributed by atoms with Crippen molar-refractivity contribution >= 4 is 57.1 Å². The molecule has 36 heavy (non-hydrogen) atoms. The molecule has 0 atom stereocenters. The van der Waals surface area contributed by atoms with Crippen LogP contribution >= 0.6 is 34.3 Å². The van der Waals surface area contributed by atoms with Gasteiger partial charge in [-0.2, -0.15) is 0 Å². The molecular weight excluding hydrogens is 524 g/mol. The second-order valence-electron chi connectivity index (χ2n) is 8.46. The van der Waals surface area contributed by atoms with E-state index in [1.54, 1.807) is 13.3 Å². The molecule has 0 saturated carbocycles. The van der Waals surface area contributed by atoms with Gasteiger partial charge in [-0.1, -0.05) is 22.9 Å². The number of nitrogens with one attached hydrogen (secondary N) is 1. The number of nitrogens with zero attached hydrogens (tertiary/aromatic N) is 5. The highest BCUT2D eigenvalue weighted by Crippen LogP contribution is 2.36. The highest BCUT2D eigenvalue weighted by atomic mass is 35.5. The second kappa shape index (κ2) is 12.1. The minimum atomic E-state index is -0.759. The third-order valence-corrected chi connectivity index (χ3v) is 8.09. The standard InChI is InChI=1S/C23H27ClN6O4S2/c1-29(7-8-34-2)12-18-20(17-9-15(24)13-35-17)27-23(36-18)28-21(31)16-10-26-19(11-25-16)30-5-3-14(4-6-30)22(32)33/h9-11,13-14H,3-8,12H2,1-2H3,(H,32,33)(H,27,28,31). The van der Waals surface area contributed by atoms with Gasteiger partial charge >= 0.3 is 5.97 Å². The summed E-state index contributed by atoms with van der Waals surface area (Å²) in [6.45, 7) is 3.21. The van der Waals surface area contributed by atoms with Crippen molar-refractivity contribution in [3.8, 4) is 10.6 Å². The van der Waals surface area contributed by atoms with Crippen molar-refractivity contribution in [2.45, 2.75) is 19.4 Å². The molecular formula is C23H27ClN6O4S2. The highest BCUT2D eigenvalue weighted by molar-refractivity contribution is 7.17. The Morgan fingerprint density at radius 3 is 2.69 bits per heavy atom. The maximum absolute atomic E-state index is 12.9. The van der Waals surface area contributed by atoms with Gasteiger partial charge in [0.2, 0.25) is 0 Å². The van der Waals surface area contributed by atoms with Crippen LogP contribution in [0.4, 0.5) is 10.9 Å². The summed E-state index contributed by atoms with van der Waals surface area (Å²) >= 11 is 9.06. The lowest BCUT2D eigenvalue weighted by molar-refractivity contribution is -0.142. The molecule has 3 aromatic rings. The van der Waals surface area contributed by atoms with E-state index in [-0.39, 0.29) is 11.6 Å². The summed E-state index contributed by atoms with van der Waals surface area (Å²) < 4.78 is 5.17. The van der Waals surface area contributed by atoms with E-state index in [1.807, 2.05) is 23.4 Å². The molecule has 4 heterocycles. The van der Waals surface area contributed by atoms with Gasteiger partial charge in [0.15, 0.2) is 5.13 Å². The van der Waals surface area contributed by atoms with Crippen LogP contribution in [0.15, 0.2) is 23.8 Å². The number of halogens is 1. The Balaban J connectivity index is 1.44. The number of thiophene rings is 1. The summed E-state index contributed by atoms with van der Waals surface area (Å²) in [6.07, 6.45) is 4.10. The predicted octanol–water partition coefficient (Wildman–Crippen LogP) is 3.95. The Bertz CT molecular complexity index is 1190. The number of amides is 1. The van der Waals surface area contributed by atoms with Gasteiger partial charge in [0.25, 0.3) is 5.91 Å². The van der Waals surface area contributed by atoms with Gasteiger partial charge < -0.3 is 14.7 Å². The second-order valence-corrected chi connectivity index (χ2v) is 10.9. The summed E-state index contributed by atoms with van der Waals surface area (Å²) in [5.41, 5.74) is 0.969. The van der Waals surface area contributed by atoms with Crippen molar-refractivity contribution in [1.82, 2.24) is 19.9 Å². The lowest BCUT2D eigenvalue weighted by Gasteiger charge is -2.30. The third kappa shape index (κ3) is 6.56. The molecule has 1 amide bonds. The van der Waals surface area contributed by atoms with Crippen molar-refractivity contribution < 1.29 is 19.4 Å². The quantitative estimate of drug-likeness (QED) is 0.386. The summed E-state index contributed by atoms with van der Waals surface area (Å²) in [6, 6.07) is 1.87. The predicted molar refractivity (Wildman–Crippen MR) is 141 cm³/mol. The fourth-order valence-corrected chi connectivity index (χ4v) is 6.04. The topological polar surface area (TPSA) is 121 Å². The Kier molecular flexibility index (Phi) is 8.86. The maximum atomic E-state index is 12.9. The number of aromatic nitrogens is 3. The van der Waals surface area contributed by atoms with E-state index in [4.69, 9.17) is 21.4 Å². The van der Waals surface area contributed by atoms with Crippen LogP contribution in [0.25, 0.3) is 10.6 Å². The fourth-order valence-electron chi connectivity index (χ4n) is 3.83. The van der Waals surface area contributed by atoms with Crippen LogP contribution in [-0.4, -0.2) is 77.2 Å². The van der Waals surface area contributed by atoms with Gasteiger partial charge in [0, 0.05) is 43.5 Å². The first-order chi connectivity index (χ1) is 17.3. The monoisotopic (exact) mass is 550 g/mol. The van der Waals surface area contributed by atoms with Crippen molar-refractivity contribution in [3.05, 3.63) is 39.4 Å². The molecule has 0 aromatic carbocycles. The van der Waals surface area contributed by atoms with Crippen molar-refractivity contribution in [1.29, 1.82) is 0 Å². The minimum Gasteiger partial charge on any atom is -0.481 e. The molecule has 1 fully saturated rings. The number of ether oxygens (including phenoxy) is 1. The summed E-state index contributed by atoms with van der Waals surface area (Å²) in [4.78, 5) is 43.4. The Morgan fingerprint density at radius 1 is 1.31 bits per heavy atom.